The SMILES string of the molecule is CCOC(=O)C(NCC(C)C)C1CCC(C)O1. The highest BCUT2D eigenvalue weighted by molar-refractivity contribution is 5.76. The van der Waals surface area contributed by atoms with E-state index < -0.39 is 0 Å². The fourth-order valence-electron chi connectivity index (χ4n) is 2.04. The van der Waals surface area contributed by atoms with Crippen LogP contribution in [0.3, 0.4) is 0 Å². The average molecular weight is 243 g/mol. The van der Waals surface area contributed by atoms with Crippen molar-refractivity contribution in [2.75, 3.05) is 13.2 Å². The highest BCUT2D eigenvalue weighted by Crippen LogP contribution is 2.22. The fraction of sp³-hybridized carbons (Fsp3) is 0.923. The molecule has 1 saturated heterocycles. The molecule has 0 bridgehead atoms. The zero-order chi connectivity index (χ0) is 12.8. The van der Waals surface area contributed by atoms with E-state index in [1.165, 1.54) is 0 Å². The van der Waals surface area contributed by atoms with Crippen LogP contribution >= 0.6 is 0 Å². The Hall–Kier alpha value is -0.610. The van der Waals surface area contributed by atoms with Gasteiger partial charge in [0.2, 0.25) is 0 Å². The predicted octanol–water partition coefficient (Wildman–Crippen LogP) is 1.73. The summed E-state index contributed by atoms with van der Waals surface area (Å²) in [5.41, 5.74) is 0. The van der Waals surface area contributed by atoms with Gasteiger partial charge in [0.05, 0.1) is 18.8 Å². The average Bonchev–Trinajstić information content (AvgIpc) is 2.65. The maximum atomic E-state index is 11.9. The van der Waals surface area contributed by atoms with E-state index in [0.29, 0.717) is 12.5 Å². The molecule has 4 nitrogen and oxygen atoms in total. The summed E-state index contributed by atoms with van der Waals surface area (Å²) >= 11 is 0. The molecule has 1 rings (SSSR count). The van der Waals surface area contributed by atoms with E-state index in [1.807, 2.05) is 13.8 Å². The van der Waals surface area contributed by atoms with Crippen molar-refractivity contribution in [3.8, 4) is 0 Å². The lowest BCUT2D eigenvalue weighted by Gasteiger charge is -2.24. The molecule has 0 aromatic heterocycles. The topological polar surface area (TPSA) is 47.6 Å². The molecule has 1 N–H and O–H groups in total. The van der Waals surface area contributed by atoms with Gasteiger partial charge in [0.25, 0.3) is 0 Å². The van der Waals surface area contributed by atoms with Gasteiger partial charge in [0, 0.05) is 0 Å². The first-order valence-corrected chi connectivity index (χ1v) is 6.60. The molecule has 3 unspecified atom stereocenters. The Morgan fingerprint density at radius 3 is 2.65 bits per heavy atom. The second-order valence-corrected chi connectivity index (χ2v) is 5.09. The summed E-state index contributed by atoms with van der Waals surface area (Å²) in [5.74, 6) is 0.318. The van der Waals surface area contributed by atoms with Gasteiger partial charge in [-0.15, -0.1) is 0 Å². The Kier molecular flexibility index (Phi) is 5.92. The van der Waals surface area contributed by atoms with E-state index in [2.05, 4.69) is 19.2 Å². The number of rotatable bonds is 6. The summed E-state index contributed by atoms with van der Waals surface area (Å²) in [4.78, 5) is 11.9. The van der Waals surface area contributed by atoms with Crippen LogP contribution in [0.25, 0.3) is 0 Å². The van der Waals surface area contributed by atoms with E-state index >= 15 is 0 Å². The van der Waals surface area contributed by atoms with Crippen molar-refractivity contribution in [1.29, 1.82) is 0 Å². The maximum Gasteiger partial charge on any atom is 0.325 e. The van der Waals surface area contributed by atoms with Gasteiger partial charge in [0.15, 0.2) is 0 Å². The van der Waals surface area contributed by atoms with E-state index in [0.717, 1.165) is 19.4 Å². The van der Waals surface area contributed by atoms with Crippen LogP contribution in [0.2, 0.25) is 0 Å². The second-order valence-electron chi connectivity index (χ2n) is 5.09. The largest absolute Gasteiger partial charge is 0.465 e. The molecule has 1 heterocycles. The molecule has 0 amide bonds. The van der Waals surface area contributed by atoms with Crippen molar-refractivity contribution in [2.24, 2.45) is 5.92 Å². The van der Waals surface area contributed by atoms with Crippen LogP contribution in [0.15, 0.2) is 0 Å². The van der Waals surface area contributed by atoms with Crippen LogP contribution in [0.4, 0.5) is 0 Å². The summed E-state index contributed by atoms with van der Waals surface area (Å²) in [5, 5.41) is 3.27. The minimum absolute atomic E-state index is 0.0391. The molecule has 0 aliphatic carbocycles. The first-order chi connectivity index (χ1) is 8.04. The summed E-state index contributed by atoms with van der Waals surface area (Å²) in [7, 11) is 0. The minimum Gasteiger partial charge on any atom is -0.465 e. The number of hydrogen-bond acceptors (Lipinski definition) is 4. The number of carbonyl (C=O) groups excluding carboxylic acids is 1. The lowest BCUT2D eigenvalue weighted by atomic mass is 10.1. The molecule has 0 aromatic rings. The predicted molar refractivity (Wildman–Crippen MR) is 66.8 cm³/mol. The van der Waals surface area contributed by atoms with E-state index in [4.69, 9.17) is 9.47 Å². The molecule has 0 saturated carbocycles. The summed E-state index contributed by atoms with van der Waals surface area (Å²) in [6.07, 6.45) is 2.15. The van der Waals surface area contributed by atoms with Gasteiger partial charge in [-0.1, -0.05) is 13.8 Å². The smallest absolute Gasteiger partial charge is 0.325 e. The van der Waals surface area contributed by atoms with Gasteiger partial charge >= 0.3 is 5.97 Å². The standard InChI is InChI=1S/C13H25NO3/c1-5-16-13(15)12(14-8-9(2)3)11-7-6-10(4)17-11/h9-12,14H,5-8H2,1-4H3. The van der Waals surface area contributed by atoms with Gasteiger partial charge in [-0.05, 0) is 39.2 Å². The normalized spacial score (nSPS) is 26.2. The lowest BCUT2D eigenvalue weighted by molar-refractivity contribution is -0.149. The zero-order valence-electron chi connectivity index (χ0n) is 11.4. The van der Waals surface area contributed by atoms with Crippen LogP contribution in [0, 0.1) is 5.92 Å². The van der Waals surface area contributed by atoms with E-state index in [9.17, 15) is 4.79 Å². The molecule has 100 valence electrons. The summed E-state index contributed by atoms with van der Waals surface area (Å²) in [6.45, 7) is 9.33. The highest BCUT2D eigenvalue weighted by atomic mass is 16.5. The highest BCUT2D eigenvalue weighted by Gasteiger charge is 2.34. The monoisotopic (exact) mass is 243 g/mol. The number of esters is 1. The number of ether oxygens (including phenoxy) is 2. The van der Waals surface area contributed by atoms with E-state index in [-0.39, 0.29) is 24.2 Å². The molecular weight excluding hydrogens is 218 g/mol. The van der Waals surface area contributed by atoms with Crippen molar-refractivity contribution in [3.05, 3.63) is 0 Å². The van der Waals surface area contributed by atoms with Crippen LogP contribution in [-0.2, 0) is 14.3 Å². The number of hydrogen-bond donors (Lipinski definition) is 1. The van der Waals surface area contributed by atoms with Crippen molar-refractivity contribution in [2.45, 2.75) is 58.8 Å². The van der Waals surface area contributed by atoms with Crippen LogP contribution < -0.4 is 5.32 Å². The fourth-order valence-corrected chi connectivity index (χ4v) is 2.04. The summed E-state index contributed by atoms with van der Waals surface area (Å²) in [6, 6.07) is -0.317. The van der Waals surface area contributed by atoms with Gasteiger partial charge in [-0.25, -0.2) is 0 Å². The molecule has 4 heteroatoms. The molecular formula is C13H25NO3. The summed E-state index contributed by atoms with van der Waals surface area (Å²) < 4.78 is 10.9. The molecule has 0 radical (unpaired) electrons. The van der Waals surface area contributed by atoms with Gasteiger partial charge in [-0.3, -0.25) is 4.79 Å². The van der Waals surface area contributed by atoms with Crippen LogP contribution in [0.5, 0.6) is 0 Å². The first-order valence-electron chi connectivity index (χ1n) is 6.60. The van der Waals surface area contributed by atoms with Crippen molar-refractivity contribution in [1.82, 2.24) is 5.32 Å². The van der Waals surface area contributed by atoms with Gasteiger partial charge in [-0.2, -0.15) is 0 Å². The van der Waals surface area contributed by atoms with Crippen molar-refractivity contribution >= 4 is 5.97 Å². The third-order valence-corrected chi connectivity index (χ3v) is 2.92. The van der Waals surface area contributed by atoms with Crippen LogP contribution in [-0.4, -0.2) is 37.4 Å². The maximum absolute atomic E-state index is 11.9. The Morgan fingerprint density at radius 1 is 1.47 bits per heavy atom. The Morgan fingerprint density at radius 2 is 2.18 bits per heavy atom. The minimum atomic E-state index is -0.317. The molecule has 1 aliphatic heterocycles. The number of carbonyl (C=O) groups is 1. The first kappa shape index (κ1) is 14.5. The molecule has 0 spiro atoms. The molecule has 17 heavy (non-hydrogen) atoms. The molecule has 3 atom stereocenters. The van der Waals surface area contributed by atoms with Crippen LogP contribution in [0.1, 0.15) is 40.5 Å². The third kappa shape index (κ3) is 4.64. The Bertz CT molecular complexity index is 243. The van der Waals surface area contributed by atoms with E-state index in [1.54, 1.807) is 0 Å². The molecule has 1 aliphatic rings. The Labute approximate surface area is 104 Å². The molecule has 1 fully saturated rings. The molecule has 0 aromatic carbocycles. The lowest BCUT2D eigenvalue weighted by Crippen LogP contribution is -2.48. The van der Waals surface area contributed by atoms with Crippen molar-refractivity contribution in [3.63, 3.8) is 0 Å². The van der Waals surface area contributed by atoms with Crippen molar-refractivity contribution < 1.29 is 14.3 Å². The Balaban J connectivity index is 2.54. The van der Waals surface area contributed by atoms with Gasteiger partial charge < -0.3 is 14.8 Å². The zero-order valence-corrected chi connectivity index (χ0v) is 11.4. The quantitative estimate of drug-likeness (QED) is 0.722. The van der Waals surface area contributed by atoms with Gasteiger partial charge in [0.1, 0.15) is 6.04 Å². The third-order valence-electron chi connectivity index (χ3n) is 2.92. The number of nitrogens with one attached hydrogen (secondary N) is 1. The second kappa shape index (κ2) is 6.97.